The minimum Gasteiger partial charge on any atom is -0.337 e. The van der Waals surface area contributed by atoms with Gasteiger partial charge in [-0.25, -0.2) is 9.18 Å². The first-order valence-electron chi connectivity index (χ1n) is 9.95. The molecule has 0 bridgehead atoms. The number of likely N-dealkylation sites (tertiary alicyclic amines) is 1. The third-order valence-electron chi connectivity index (χ3n) is 5.65. The zero-order valence-electron chi connectivity index (χ0n) is 16.0. The van der Waals surface area contributed by atoms with Gasteiger partial charge in [0.25, 0.3) is 0 Å². The number of aromatic nitrogens is 2. The van der Waals surface area contributed by atoms with E-state index < -0.39 is 0 Å². The first-order chi connectivity index (χ1) is 13.6. The molecule has 28 heavy (non-hydrogen) atoms. The Balaban J connectivity index is 1.35. The number of likely N-dealkylation sites (N-methyl/N-ethyl adjacent to an activating group) is 1. The summed E-state index contributed by atoms with van der Waals surface area (Å²) in [5, 5.41) is 10.2. The molecule has 2 aliphatic rings. The number of urea groups is 1. The van der Waals surface area contributed by atoms with Gasteiger partial charge in [0.05, 0.1) is 6.04 Å². The van der Waals surface area contributed by atoms with Crippen LogP contribution >= 0.6 is 0 Å². The number of hydrogen-bond donors (Lipinski definition) is 2. The van der Waals surface area contributed by atoms with E-state index in [-0.39, 0.29) is 30.0 Å². The van der Waals surface area contributed by atoms with Gasteiger partial charge in [-0.3, -0.25) is 4.90 Å². The van der Waals surface area contributed by atoms with E-state index >= 15 is 0 Å². The first kappa shape index (κ1) is 18.9. The molecule has 4 rings (SSSR count). The maximum atomic E-state index is 13.1. The highest BCUT2D eigenvalue weighted by atomic mass is 19.1. The van der Waals surface area contributed by atoms with Crippen LogP contribution in [0.1, 0.15) is 50.5 Å². The van der Waals surface area contributed by atoms with E-state index in [9.17, 15) is 9.18 Å². The van der Waals surface area contributed by atoms with Crippen LogP contribution in [0.5, 0.6) is 0 Å². The Morgan fingerprint density at radius 3 is 2.61 bits per heavy atom. The second-order valence-corrected chi connectivity index (χ2v) is 7.80. The van der Waals surface area contributed by atoms with Gasteiger partial charge in [0, 0.05) is 24.2 Å². The van der Waals surface area contributed by atoms with E-state index in [2.05, 4.69) is 25.7 Å². The molecule has 1 aromatic carbocycles. The summed E-state index contributed by atoms with van der Waals surface area (Å²) in [5.74, 6) is 0.650. The van der Waals surface area contributed by atoms with Gasteiger partial charge in [-0.15, -0.1) is 0 Å². The average molecular weight is 387 g/mol. The summed E-state index contributed by atoms with van der Waals surface area (Å²) in [6.45, 7) is 0.719. The van der Waals surface area contributed by atoms with Crippen LogP contribution in [-0.2, 0) is 0 Å². The molecule has 2 fully saturated rings. The van der Waals surface area contributed by atoms with E-state index in [1.54, 1.807) is 12.1 Å². The number of carbonyl (C=O) groups is 1. The van der Waals surface area contributed by atoms with Gasteiger partial charge in [-0.1, -0.05) is 24.4 Å². The maximum Gasteiger partial charge on any atom is 0.315 e. The van der Waals surface area contributed by atoms with Crippen molar-refractivity contribution in [3.05, 3.63) is 36.0 Å². The molecule has 1 saturated carbocycles. The van der Waals surface area contributed by atoms with Crippen molar-refractivity contribution in [2.45, 2.75) is 56.7 Å². The number of amides is 2. The molecule has 2 unspecified atom stereocenters. The van der Waals surface area contributed by atoms with E-state index in [0.717, 1.165) is 19.4 Å². The molecule has 2 amide bonds. The maximum absolute atomic E-state index is 13.1. The number of carbonyl (C=O) groups excluding carboxylic acids is 1. The number of hydrogen-bond acceptors (Lipinski definition) is 5. The van der Waals surface area contributed by atoms with Crippen LogP contribution in [0, 0.1) is 5.82 Å². The zero-order chi connectivity index (χ0) is 19.5. The molecule has 1 saturated heterocycles. The predicted octanol–water partition coefficient (Wildman–Crippen LogP) is 3.25. The largest absolute Gasteiger partial charge is 0.337 e. The quantitative estimate of drug-likeness (QED) is 0.841. The van der Waals surface area contributed by atoms with Gasteiger partial charge in [0.2, 0.25) is 11.7 Å². The smallest absolute Gasteiger partial charge is 0.315 e. The summed E-state index contributed by atoms with van der Waals surface area (Å²) in [6.07, 6.45) is 6.47. The molecule has 0 spiro atoms. The molecule has 2 heterocycles. The summed E-state index contributed by atoms with van der Waals surface area (Å²) < 4.78 is 18.5. The van der Waals surface area contributed by atoms with Gasteiger partial charge in [-0.05, 0) is 50.6 Å². The topological polar surface area (TPSA) is 83.3 Å². The van der Waals surface area contributed by atoms with Gasteiger partial charge in [-0.2, -0.15) is 4.98 Å². The van der Waals surface area contributed by atoms with Crippen molar-refractivity contribution >= 4 is 6.03 Å². The fraction of sp³-hybridized carbons (Fsp3) is 0.550. The third kappa shape index (κ3) is 4.32. The van der Waals surface area contributed by atoms with Crippen molar-refractivity contribution in [3.8, 4) is 11.4 Å². The molecule has 2 aromatic rings. The summed E-state index contributed by atoms with van der Waals surface area (Å²) in [4.78, 5) is 18.9. The Kier molecular flexibility index (Phi) is 5.57. The standard InChI is InChI=1S/C20H26FN5O2/c1-26-12-16(23-20(27)22-15-5-3-2-4-6-15)11-17(26)19-24-18(25-28-19)13-7-9-14(21)10-8-13/h7-10,15-17H,2-6,11-12H2,1H3,(H2,22,23,27). The molecular formula is C20H26FN5O2. The number of nitrogens with one attached hydrogen (secondary N) is 2. The number of rotatable bonds is 4. The van der Waals surface area contributed by atoms with Crippen LogP contribution in [0.15, 0.2) is 28.8 Å². The second kappa shape index (κ2) is 8.26. The van der Waals surface area contributed by atoms with Crippen LogP contribution in [0.4, 0.5) is 9.18 Å². The summed E-state index contributed by atoms with van der Waals surface area (Å²) >= 11 is 0. The Labute approximate surface area is 163 Å². The summed E-state index contributed by atoms with van der Waals surface area (Å²) in [5.41, 5.74) is 0.707. The van der Waals surface area contributed by atoms with Crippen molar-refractivity contribution in [3.63, 3.8) is 0 Å². The van der Waals surface area contributed by atoms with Crippen molar-refractivity contribution in [2.75, 3.05) is 13.6 Å². The van der Waals surface area contributed by atoms with Gasteiger partial charge in [0.15, 0.2) is 0 Å². The lowest BCUT2D eigenvalue weighted by Crippen LogP contribution is -2.47. The van der Waals surface area contributed by atoms with Crippen molar-refractivity contribution in [2.24, 2.45) is 0 Å². The van der Waals surface area contributed by atoms with Crippen LogP contribution in [0.25, 0.3) is 11.4 Å². The summed E-state index contributed by atoms with van der Waals surface area (Å²) in [7, 11) is 1.98. The zero-order valence-corrected chi connectivity index (χ0v) is 16.0. The average Bonchev–Trinajstić information content (AvgIpc) is 3.30. The minimum atomic E-state index is -0.302. The second-order valence-electron chi connectivity index (χ2n) is 7.80. The van der Waals surface area contributed by atoms with Crippen molar-refractivity contribution in [1.82, 2.24) is 25.7 Å². The van der Waals surface area contributed by atoms with Crippen molar-refractivity contribution < 1.29 is 13.7 Å². The molecule has 150 valence electrons. The molecular weight excluding hydrogens is 361 g/mol. The van der Waals surface area contributed by atoms with Crippen LogP contribution in [0.2, 0.25) is 0 Å². The molecule has 1 aliphatic heterocycles. The highest BCUT2D eigenvalue weighted by Gasteiger charge is 2.35. The SMILES string of the molecule is CN1CC(NC(=O)NC2CCCCC2)CC1c1nc(-c2ccc(F)cc2)no1. The predicted molar refractivity (Wildman–Crippen MR) is 102 cm³/mol. The third-order valence-corrected chi connectivity index (χ3v) is 5.65. The first-order valence-corrected chi connectivity index (χ1v) is 9.95. The lowest BCUT2D eigenvalue weighted by molar-refractivity contribution is 0.228. The molecule has 2 N–H and O–H groups in total. The number of nitrogens with zero attached hydrogens (tertiary/aromatic N) is 3. The van der Waals surface area contributed by atoms with E-state index in [4.69, 9.17) is 4.52 Å². The van der Waals surface area contributed by atoms with E-state index in [1.807, 2.05) is 7.05 Å². The fourth-order valence-corrected chi connectivity index (χ4v) is 4.14. The monoisotopic (exact) mass is 387 g/mol. The number of benzene rings is 1. The highest BCUT2D eigenvalue weighted by molar-refractivity contribution is 5.74. The fourth-order valence-electron chi connectivity index (χ4n) is 4.14. The van der Waals surface area contributed by atoms with E-state index in [0.29, 0.717) is 23.7 Å². The van der Waals surface area contributed by atoms with Gasteiger partial charge in [0.1, 0.15) is 5.82 Å². The highest BCUT2D eigenvalue weighted by Crippen LogP contribution is 2.31. The van der Waals surface area contributed by atoms with Gasteiger partial charge >= 0.3 is 6.03 Å². The molecule has 8 heteroatoms. The van der Waals surface area contributed by atoms with Crippen LogP contribution in [0.3, 0.4) is 0 Å². The normalized spacial score (nSPS) is 23.6. The lowest BCUT2D eigenvalue weighted by Gasteiger charge is -2.24. The molecule has 7 nitrogen and oxygen atoms in total. The number of halogens is 1. The van der Waals surface area contributed by atoms with Gasteiger partial charge < -0.3 is 15.2 Å². The molecule has 2 atom stereocenters. The summed E-state index contributed by atoms with van der Waals surface area (Å²) in [6, 6.07) is 6.17. The van der Waals surface area contributed by atoms with Crippen LogP contribution < -0.4 is 10.6 Å². The minimum absolute atomic E-state index is 0.0276. The Bertz CT molecular complexity index is 803. The molecule has 1 aliphatic carbocycles. The molecule has 0 radical (unpaired) electrons. The lowest BCUT2D eigenvalue weighted by atomic mass is 9.96. The molecule has 1 aromatic heterocycles. The van der Waals surface area contributed by atoms with E-state index in [1.165, 1.54) is 31.4 Å². The van der Waals surface area contributed by atoms with Crippen LogP contribution in [-0.4, -0.2) is 46.7 Å². The van der Waals surface area contributed by atoms with Crippen molar-refractivity contribution in [1.29, 1.82) is 0 Å². The Morgan fingerprint density at radius 1 is 1.14 bits per heavy atom. The Morgan fingerprint density at radius 2 is 1.86 bits per heavy atom. The Hall–Kier alpha value is -2.48.